The van der Waals surface area contributed by atoms with Crippen LogP contribution in [0.25, 0.3) is 0 Å². The summed E-state index contributed by atoms with van der Waals surface area (Å²) in [6.45, 7) is 4.70. The molecule has 0 bridgehead atoms. The van der Waals surface area contributed by atoms with Gasteiger partial charge in [0.1, 0.15) is 11.5 Å². The third-order valence-corrected chi connectivity index (χ3v) is 5.93. The van der Waals surface area contributed by atoms with E-state index in [4.69, 9.17) is 21.4 Å². The van der Waals surface area contributed by atoms with Crippen molar-refractivity contribution in [3.8, 4) is 5.75 Å². The number of carbonyl (C=O) groups is 1. The topological polar surface area (TPSA) is 87.9 Å². The number of hydrazone groups is 1. The number of nitrogens with zero attached hydrogens (tertiary/aromatic N) is 1. The lowest BCUT2D eigenvalue weighted by molar-refractivity contribution is 0.0994. The van der Waals surface area contributed by atoms with Crippen LogP contribution in [0.3, 0.4) is 0 Å². The molecule has 4 rings (SSSR count). The predicted octanol–water partition coefficient (Wildman–Crippen LogP) is 6.05. The summed E-state index contributed by atoms with van der Waals surface area (Å²) >= 11 is 5.37. The van der Waals surface area contributed by atoms with Crippen molar-refractivity contribution in [2.75, 3.05) is 17.2 Å². The van der Waals surface area contributed by atoms with Crippen LogP contribution in [0, 0.1) is 6.92 Å². The minimum Gasteiger partial charge on any atom is -0.494 e. The van der Waals surface area contributed by atoms with E-state index in [2.05, 4.69) is 28.1 Å². The highest BCUT2D eigenvalue weighted by Gasteiger charge is 2.28. The van der Waals surface area contributed by atoms with E-state index in [1.54, 1.807) is 0 Å². The molecule has 3 N–H and O–H groups in total. The highest BCUT2D eigenvalue weighted by molar-refractivity contribution is 7.80. The van der Waals surface area contributed by atoms with Crippen LogP contribution in [0.2, 0.25) is 0 Å². The summed E-state index contributed by atoms with van der Waals surface area (Å²) in [5.41, 5.74) is 6.98. The summed E-state index contributed by atoms with van der Waals surface area (Å²) in [6, 6.07) is 17.0. The highest BCUT2D eigenvalue weighted by Crippen LogP contribution is 2.30. The molecule has 0 atom stereocenters. The van der Waals surface area contributed by atoms with Gasteiger partial charge >= 0.3 is 0 Å². The van der Waals surface area contributed by atoms with Gasteiger partial charge in [0.25, 0.3) is 5.91 Å². The fourth-order valence-corrected chi connectivity index (χ4v) is 4.12. The van der Waals surface area contributed by atoms with Gasteiger partial charge in [-0.25, -0.2) is 0 Å². The van der Waals surface area contributed by atoms with Crippen molar-refractivity contribution in [1.82, 2.24) is 5.43 Å². The summed E-state index contributed by atoms with van der Waals surface area (Å²) in [4.78, 5) is 13.0. The summed E-state index contributed by atoms with van der Waals surface area (Å²) in [6.07, 6.45) is 4.52. The summed E-state index contributed by atoms with van der Waals surface area (Å²) in [5.74, 6) is 1.58. The lowest BCUT2D eigenvalue weighted by Gasteiger charge is -2.14. The van der Waals surface area contributed by atoms with Crippen molar-refractivity contribution >= 4 is 40.3 Å². The van der Waals surface area contributed by atoms with E-state index < -0.39 is 0 Å². The molecule has 1 aliphatic rings. The molecule has 7 nitrogen and oxygen atoms in total. The number of anilines is 2. The van der Waals surface area contributed by atoms with Gasteiger partial charge in [-0.05, 0) is 74.8 Å². The maximum atomic E-state index is 13.0. The van der Waals surface area contributed by atoms with Gasteiger partial charge in [-0.3, -0.25) is 10.2 Å². The molecule has 8 heteroatoms. The largest absolute Gasteiger partial charge is 0.494 e. The average molecular weight is 491 g/mol. The number of rotatable bonds is 8. The second-order valence-electron chi connectivity index (χ2n) is 8.38. The standard InChI is InChI=1S/C27H30N4O3S/c1-3-4-17-33-21-15-13-20(14-16-21)28-26(32)25-18(2)24-22(11-8-12-23(24)34-25)30-31-27(35)29-19-9-6-5-7-10-19/h5-7,9-10,13-16H,3-4,8,11-12,17H2,1-2H3,(H,28,32)(H2,29,31,35)/b30-22+. The van der Waals surface area contributed by atoms with Gasteiger partial charge in [0.15, 0.2) is 10.9 Å². The number of unbranched alkanes of at least 4 members (excludes halogenated alkanes) is 1. The zero-order valence-electron chi connectivity index (χ0n) is 20.0. The van der Waals surface area contributed by atoms with Crippen molar-refractivity contribution in [2.45, 2.75) is 46.0 Å². The van der Waals surface area contributed by atoms with Crippen LogP contribution in [0.15, 0.2) is 64.1 Å². The van der Waals surface area contributed by atoms with Crippen LogP contribution < -0.4 is 20.8 Å². The molecule has 0 aliphatic heterocycles. The Morgan fingerprint density at radius 3 is 2.54 bits per heavy atom. The number of hydrogen-bond acceptors (Lipinski definition) is 5. The van der Waals surface area contributed by atoms with Gasteiger partial charge in [-0.2, -0.15) is 5.10 Å². The van der Waals surface area contributed by atoms with E-state index in [1.165, 1.54) is 0 Å². The number of nitrogens with one attached hydrogen (secondary N) is 3. The van der Waals surface area contributed by atoms with E-state index in [-0.39, 0.29) is 5.91 Å². The first kappa shape index (κ1) is 24.5. The molecular formula is C27H30N4O3S. The first-order chi connectivity index (χ1) is 17.0. The van der Waals surface area contributed by atoms with Crippen LogP contribution in [0.4, 0.5) is 11.4 Å². The second kappa shape index (κ2) is 11.7. The van der Waals surface area contributed by atoms with Gasteiger partial charge < -0.3 is 19.8 Å². The highest BCUT2D eigenvalue weighted by atomic mass is 32.1. The molecule has 0 spiro atoms. The normalized spacial score (nSPS) is 13.7. The molecule has 0 fully saturated rings. The molecule has 0 unspecified atom stereocenters. The Morgan fingerprint density at radius 1 is 1.06 bits per heavy atom. The third-order valence-electron chi connectivity index (χ3n) is 5.73. The second-order valence-corrected chi connectivity index (χ2v) is 8.79. The van der Waals surface area contributed by atoms with Gasteiger partial charge in [0.05, 0.1) is 12.3 Å². The monoisotopic (exact) mass is 490 g/mol. The summed E-state index contributed by atoms with van der Waals surface area (Å²) < 4.78 is 11.7. The molecule has 1 heterocycles. The van der Waals surface area contributed by atoms with Gasteiger partial charge in [-0.15, -0.1) is 0 Å². The Balaban J connectivity index is 1.43. The molecule has 1 amide bonds. The minimum absolute atomic E-state index is 0.287. The fourth-order valence-electron chi connectivity index (χ4n) is 3.95. The van der Waals surface area contributed by atoms with E-state index in [9.17, 15) is 4.79 Å². The van der Waals surface area contributed by atoms with Gasteiger partial charge in [0.2, 0.25) is 0 Å². The third kappa shape index (κ3) is 6.27. The van der Waals surface area contributed by atoms with E-state index in [0.717, 1.165) is 66.1 Å². The Kier molecular flexibility index (Phi) is 8.15. The molecule has 2 aromatic carbocycles. The predicted molar refractivity (Wildman–Crippen MR) is 144 cm³/mol. The van der Waals surface area contributed by atoms with Crippen molar-refractivity contribution in [3.05, 3.63) is 77.2 Å². The van der Waals surface area contributed by atoms with Crippen LogP contribution in [-0.2, 0) is 6.42 Å². The van der Waals surface area contributed by atoms with Gasteiger partial charge in [-0.1, -0.05) is 31.5 Å². The Hall–Kier alpha value is -3.65. The number of benzene rings is 2. The number of aryl methyl sites for hydroxylation is 1. The van der Waals surface area contributed by atoms with Gasteiger partial charge in [0, 0.05) is 28.9 Å². The number of furan rings is 1. The summed E-state index contributed by atoms with van der Waals surface area (Å²) in [5, 5.41) is 11.0. The van der Waals surface area contributed by atoms with Crippen LogP contribution in [0.1, 0.15) is 60.0 Å². The number of para-hydroxylation sites is 1. The summed E-state index contributed by atoms with van der Waals surface area (Å²) in [7, 11) is 0. The molecular weight excluding hydrogens is 460 g/mol. The number of ether oxygens (including phenoxy) is 1. The minimum atomic E-state index is -0.287. The molecule has 3 aromatic rings. The first-order valence-electron chi connectivity index (χ1n) is 11.9. The molecule has 182 valence electrons. The first-order valence-corrected chi connectivity index (χ1v) is 12.3. The van der Waals surface area contributed by atoms with E-state index in [1.807, 2.05) is 61.5 Å². The van der Waals surface area contributed by atoms with E-state index in [0.29, 0.717) is 23.2 Å². The lowest BCUT2D eigenvalue weighted by Crippen LogP contribution is -2.26. The fraction of sp³-hybridized carbons (Fsp3) is 0.296. The molecule has 35 heavy (non-hydrogen) atoms. The SMILES string of the molecule is CCCCOc1ccc(NC(=O)c2oc3c(c2C)/C(=N/NC(=S)Nc2ccccc2)CCC3)cc1. The van der Waals surface area contributed by atoms with Crippen LogP contribution >= 0.6 is 12.2 Å². The number of amides is 1. The van der Waals surface area contributed by atoms with Crippen molar-refractivity contribution in [3.63, 3.8) is 0 Å². The van der Waals surface area contributed by atoms with E-state index >= 15 is 0 Å². The molecule has 0 radical (unpaired) electrons. The zero-order chi connectivity index (χ0) is 24.6. The molecule has 1 aromatic heterocycles. The number of hydrogen-bond donors (Lipinski definition) is 3. The smallest absolute Gasteiger partial charge is 0.291 e. The molecule has 0 saturated heterocycles. The zero-order valence-corrected chi connectivity index (χ0v) is 20.8. The number of fused-ring (bicyclic) bond motifs is 1. The van der Waals surface area contributed by atoms with Crippen LogP contribution in [0.5, 0.6) is 5.75 Å². The number of thiocarbonyl (C=S) groups is 1. The van der Waals surface area contributed by atoms with Crippen LogP contribution in [-0.4, -0.2) is 23.3 Å². The molecule has 1 aliphatic carbocycles. The van der Waals surface area contributed by atoms with Crippen molar-refractivity contribution < 1.29 is 13.9 Å². The Bertz CT molecular complexity index is 1200. The quantitative estimate of drug-likeness (QED) is 0.203. The average Bonchev–Trinajstić information content (AvgIpc) is 3.22. The molecule has 0 saturated carbocycles. The Morgan fingerprint density at radius 2 is 1.80 bits per heavy atom. The van der Waals surface area contributed by atoms with Crippen molar-refractivity contribution in [2.24, 2.45) is 5.10 Å². The lowest BCUT2D eigenvalue weighted by atomic mass is 9.93. The Labute approximate surface area is 210 Å². The van der Waals surface area contributed by atoms with Crippen molar-refractivity contribution in [1.29, 1.82) is 0 Å². The maximum absolute atomic E-state index is 13.0. The maximum Gasteiger partial charge on any atom is 0.291 e. The number of carbonyl (C=O) groups excluding carboxylic acids is 1.